The van der Waals surface area contributed by atoms with Gasteiger partial charge in [0.05, 0.1) is 24.5 Å². The zero-order valence-corrected chi connectivity index (χ0v) is 75.3. The molecule has 0 atom stereocenters. The van der Waals surface area contributed by atoms with Crippen LogP contribution in [0.15, 0.2) is 164 Å². The van der Waals surface area contributed by atoms with Crippen LogP contribution in [-0.2, 0) is 49.5 Å². The van der Waals surface area contributed by atoms with Gasteiger partial charge < -0.3 is 19.3 Å². The molecule has 1 saturated heterocycles. The maximum absolute atomic E-state index is 12.3. The fourth-order valence-electron chi connectivity index (χ4n) is 7.22. The second kappa shape index (κ2) is 40.0. The summed E-state index contributed by atoms with van der Waals surface area (Å²) in [4.78, 5) is 41.3. The topological polar surface area (TPSA) is 255 Å². The number of nitrogens with zero attached hydrogens (tertiary/aromatic N) is 3. The van der Waals surface area contributed by atoms with E-state index in [0.29, 0.717) is 35.2 Å². The van der Waals surface area contributed by atoms with Crippen molar-refractivity contribution in [2.45, 2.75) is 91.7 Å². The minimum atomic E-state index is -4.40. The molecule has 6 aromatic rings. The van der Waals surface area contributed by atoms with Crippen LogP contribution in [0.4, 0.5) is 0 Å². The Morgan fingerprint density at radius 1 is 0.451 bits per heavy atom. The van der Waals surface area contributed by atoms with E-state index in [2.05, 4.69) is 191 Å². The SMILES string of the molecule is CC.CC.CCN(CC)C(=O)c1cccc(S(=O)(=O)C(Br)(Br)Br)c1.CN(C)C(=O)c1cccc(S(=O)(=O)C(Br)(Br)Br)c1.Cc1ccc(S(=O)(=O)[O-])c2ccccc12.O=C(c1cccc(S(=O)(=O)C(Br)(Br)Br)c1)N1CCCC1.O=S(=O)(c1ccccc1)C(Br)(Br)Br.[Na+]. The summed E-state index contributed by atoms with van der Waals surface area (Å²) in [6, 6.07) is 36.1. The number of benzene rings is 6. The molecule has 0 saturated carbocycles. The van der Waals surface area contributed by atoms with Crippen LogP contribution in [-0.4, -0.2) is 125 Å². The van der Waals surface area contributed by atoms with Gasteiger partial charge in [0.2, 0.25) is 45.2 Å². The number of carbonyl (C=O) groups is 3. The molecule has 7 rings (SSSR count). The van der Waals surface area contributed by atoms with Crippen LogP contribution >= 0.6 is 191 Å². The number of likely N-dealkylation sites (tertiary alicyclic amines) is 1. The van der Waals surface area contributed by atoms with E-state index in [1.54, 1.807) is 96.7 Å². The fourth-order valence-corrected chi connectivity index (χ4v) is 17.8. The van der Waals surface area contributed by atoms with Gasteiger partial charge in [0, 0.05) is 57.0 Å². The number of sulfone groups is 4. The Balaban J connectivity index is 0.00000110. The van der Waals surface area contributed by atoms with Gasteiger partial charge in [-0.15, -0.1) is 0 Å². The van der Waals surface area contributed by atoms with Gasteiger partial charge in [-0.25, -0.2) is 42.1 Å². The molecule has 0 unspecified atom stereocenters. The Morgan fingerprint density at radius 3 is 1.12 bits per heavy atom. The molecule has 1 fully saturated rings. The predicted octanol–water partition coefficient (Wildman–Crippen LogP) is 14.6. The third-order valence-electron chi connectivity index (χ3n) is 11.7. The molecular formula is C56H62Br12N3NaO14S5. The van der Waals surface area contributed by atoms with Crippen molar-refractivity contribution in [2.24, 2.45) is 0 Å². The molecule has 1 aliphatic rings. The number of halogens is 12. The Labute approximate surface area is 658 Å². The zero-order chi connectivity index (χ0) is 69.8. The first-order chi connectivity index (χ1) is 41.3. The van der Waals surface area contributed by atoms with Gasteiger partial charge in [0.25, 0.3) is 17.7 Å². The molecular weight excluding hydrogens is 2080 g/mol. The summed E-state index contributed by atoms with van der Waals surface area (Å²) in [5, 5.41) is 1.29. The summed E-state index contributed by atoms with van der Waals surface area (Å²) < 4.78 is 124. The Morgan fingerprint density at radius 2 is 0.769 bits per heavy atom. The van der Waals surface area contributed by atoms with Gasteiger partial charge in [-0.2, -0.15) is 0 Å². The number of hydrogen-bond acceptors (Lipinski definition) is 14. The van der Waals surface area contributed by atoms with Crippen molar-refractivity contribution in [1.82, 2.24) is 14.7 Å². The van der Waals surface area contributed by atoms with Crippen LogP contribution in [0, 0.1) is 6.92 Å². The van der Waals surface area contributed by atoms with Crippen molar-refractivity contribution < 1.29 is 90.6 Å². The van der Waals surface area contributed by atoms with Crippen LogP contribution in [0.1, 0.15) is 91.0 Å². The molecule has 1 aliphatic heterocycles. The summed E-state index contributed by atoms with van der Waals surface area (Å²) in [5.41, 5.74) is 2.02. The van der Waals surface area contributed by atoms with E-state index in [0.717, 1.165) is 36.9 Å². The first-order valence-electron chi connectivity index (χ1n) is 26.2. The van der Waals surface area contributed by atoms with E-state index >= 15 is 0 Å². The van der Waals surface area contributed by atoms with Gasteiger partial charge in [0.1, 0.15) is 10.1 Å². The van der Waals surface area contributed by atoms with Crippen LogP contribution in [0.2, 0.25) is 0 Å². The maximum Gasteiger partial charge on any atom is 1.00 e. The molecule has 3 amide bonds. The van der Waals surface area contributed by atoms with Crippen molar-refractivity contribution >= 4 is 269 Å². The van der Waals surface area contributed by atoms with E-state index < -0.39 is 55.4 Å². The zero-order valence-electron chi connectivity index (χ0n) is 50.2. The number of alkyl halides is 12. The first kappa shape index (κ1) is 91.5. The molecule has 91 heavy (non-hydrogen) atoms. The summed E-state index contributed by atoms with van der Waals surface area (Å²) in [5.74, 6) is -0.559. The van der Waals surface area contributed by atoms with E-state index in [1.165, 1.54) is 65.6 Å². The van der Waals surface area contributed by atoms with Gasteiger partial charge in [-0.3, -0.25) is 14.4 Å². The molecule has 0 N–H and O–H groups in total. The van der Waals surface area contributed by atoms with Gasteiger partial charge in [0.15, 0.2) is 0 Å². The van der Waals surface area contributed by atoms with Crippen molar-refractivity contribution in [3.63, 3.8) is 0 Å². The summed E-state index contributed by atoms with van der Waals surface area (Å²) in [7, 11) is -15.7. The first-order valence-corrected chi connectivity index (χ1v) is 43.0. The van der Waals surface area contributed by atoms with Crippen LogP contribution in [0.3, 0.4) is 0 Å². The van der Waals surface area contributed by atoms with Crippen molar-refractivity contribution in [1.29, 1.82) is 0 Å². The summed E-state index contributed by atoms with van der Waals surface area (Å²) >= 11 is 35.9. The molecule has 35 heteroatoms. The third-order valence-corrected chi connectivity index (χ3v) is 33.9. The quantitative estimate of drug-likeness (QED) is 0.0702. The number of fused-ring (bicyclic) bond motifs is 1. The number of rotatable bonds is 10. The summed E-state index contributed by atoms with van der Waals surface area (Å²) in [6.07, 6.45) is 1.99. The van der Waals surface area contributed by atoms with Crippen molar-refractivity contribution in [3.8, 4) is 0 Å². The monoisotopic (exact) mass is 2130 g/mol. The number of aryl methyl sites for hydroxylation is 1. The summed E-state index contributed by atoms with van der Waals surface area (Å²) in [6.45, 7) is 16.2. The largest absolute Gasteiger partial charge is 1.00 e. The second-order valence-electron chi connectivity index (χ2n) is 17.7. The molecule has 1 heterocycles. The number of amides is 3. The minimum Gasteiger partial charge on any atom is -0.744 e. The smallest absolute Gasteiger partial charge is 0.744 e. The average molecular weight is 2140 g/mol. The molecule has 0 aliphatic carbocycles. The molecule has 0 bridgehead atoms. The molecule has 17 nitrogen and oxygen atoms in total. The predicted molar refractivity (Wildman–Crippen MR) is 402 cm³/mol. The maximum atomic E-state index is 12.3. The number of hydrogen-bond donors (Lipinski definition) is 0. The van der Waals surface area contributed by atoms with E-state index in [-0.39, 0.29) is 71.8 Å². The van der Waals surface area contributed by atoms with Gasteiger partial charge >= 0.3 is 29.6 Å². The Hall–Kier alpha value is 0.460. The van der Waals surface area contributed by atoms with E-state index in [1.807, 2.05) is 54.5 Å². The van der Waals surface area contributed by atoms with E-state index in [9.17, 15) is 61.0 Å². The van der Waals surface area contributed by atoms with Gasteiger partial charge in [-0.05, 0) is 314 Å². The average Bonchev–Trinajstić information content (AvgIpc) is 1.18. The Kier molecular flexibility index (Phi) is 40.2. The molecule has 0 spiro atoms. The standard InChI is InChI=1S/C12H12Br3NO3S.C12H14Br3NO3S.C11H10O3S.C10H10Br3NO3S.C7H5Br3O2S.2C2H6.Na/c13-12(14,15)20(18,19)10-5-3-4-9(8-10)11(17)16-6-1-2-7-16;1-3-16(4-2)11(17)9-6-5-7-10(8-9)20(18,19)12(13,14)15;1-8-6-7-11(15(12,13)14)10-5-3-2-4-9(8)10;1-14(2)9(15)7-4-3-5-8(6-7)18(16,17)10(11,12)13;8-7(9,10)13(11,12)6-4-2-1-3-5-6;2*1-2;/h3-5,8H,1-2,6-7H2;5-8H,3-4H2,1-2H3;2-7H,1H3,(H,12,13,14);3-6H,1-2H3;1-5H;2*1-2H3;/q;;;;;;;+1/p-1. The third kappa shape index (κ3) is 26.5. The number of carbonyl (C=O) groups excluding carboxylic acids is 3. The van der Waals surface area contributed by atoms with Crippen LogP contribution < -0.4 is 29.6 Å². The van der Waals surface area contributed by atoms with Crippen LogP contribution in [0.25, 0.3) is 10.8 Å². The molecule has 6 aromatic carbocycles. The van der Waals surface area contributed by atoms with Crippen molar-refractivity contribution in [3.05, 3.63) is 162 Å². The molecule has 0 radical (unpaired) electrons. The van der Waals surface area contributed by atoms with E-state index in [4.69, 9.17) is 0 Å². The Bertz CT molecular complexity index is 3880. The minimum absolute atomic E-state index is 0. The molecule has 500 valence electrons. The fraction of sp³-hybridized carbons (Fsp3) is 0.339. The molecule has 0 aromatic heterocycles. The normalized spacial score (nSPS) is 12.7. The van der Waals surface area contributed by atoms with Crippen molar-refractivity contribution in [2.75, 3.05) is 40.3 Å². The second-order valence-corrected chi connectivity index (χ2v) is 60.8. The van der Waals surface area contributed by atoms with Gasteiger partial charge in [-0.1, -0.05) is 94.4 Å². The van der Waals surface area contributed by atoms with Crippen LogP contribution in [0.5, 0.6) is 0 Å².